The molecule has 248 valence electrons. The molecule has 46 heavy (non-hydrogen) atoms. The lowest BCUT2D eigenvalue weighted by molar-refractivity contribution is -0.141. The Labute approximate surface area is 273 Å². The first-order chi connectivity index (χ1) is 21.7. The Balaban J connectivity index is 1.21. The molecule has 4 atom stereocenters. The van der Waals surface area contributed by atoms with Gasteiger partial charge in [0, 0.05) is 19.0 Å². The topological polar surface area (TPSA) is 147 Å². The van der Waals surface area contributed by atoms with Crippen LogP contribution in [0.4, 0.5) is 4.79 Å². The summed E-state index contributed by atoms with van der Waals surface area (Å²) in [6.45, 7) is 13.8. The number of aryl methyl sites for hydroxylation is 1. The number of hydrogen-bond acceptors (Lipinski definition) is 10. The molecule has 0 aliphatic carbocycles. The number of hydrogen-bond donors (Lipinski definition) is 2. The smallest absolute Gasteiger partial charge is 0.410 e. The van der Waals surface area contributed by atoms with Crippen LogP contribution in [-0.2, 0) is 14.3 Å². The average molecular weight is 654 g/mol. The van der Waals surface area contributed by atoms with Crippen LogP contribution in [0.25, 0.3) is 10.4 Å². The Morgan fingerprint density at radius 1 is 1.11 bits per heavy atom. The van der Waals surface area contributed by atoms with Gasteiger partial charge in [0.25, 0.3) is 5.88 Å². The summed E-state index contributed by atoms with van der Waals surface area (Å²) in [5.74, 6) is -1.08. The zero-order valence-corrected chi connectivity index (χ0v) is 28.2. The van der Waals surface area contributed by atoms with Gasteiger partial charge >= 0.3 is 6.09 Å². The van der Waals surface area contributed by atoms with E-state index in [1.807, 2.05) is 78.2 Å². The summed E-state index contributed by atoms with van der Waals surface area (Å²) in [4.78, 5) is 48.1. The van der Waals surface area contributed by atoms with Crippen molar-refractivity contribution in [2.45, 2.75) is 90.7 Å². The van der Waals surface area contributed by atoms with E-state index in [0.29, 0.717) is 18.8 Å². The van der Waals surface area contributed by atoms with Crippen LogP contribution in [0.5, 0.6) is 5.88 Å². The second-order valence-electron chi connectivity index (χ2n) is 13.4. The van der Waals surface area contributed by atoms with Gasteiger partial charge < -0.3 is 34.2 Å². The Morgan fingerprint density at radius 2 is 1.80 bits per heavy atom. The van der Waals surface area contributed by atoms with Crippen molar-refractivity contribution in [2.24, 2.45) is 5.92 Å². The first-order valence-electron chi connectivity index (χ1n) is 15.6. The van der Waals surface area contributed by atoms with Crippen LogP contribution in [0.3, 0.4) is 0 Å². The number of aliphatic hydroxyl groups excluding tert-OH is 1. The van der Waals surface area contributed by atoms with Crippen LogP contribution < -0.4 is 10.1 Å². The Kier molecular flexibility index (Phi) is 9.73. The van der Waals surface area contributed by atoms with E-state index >= 15 is 0 Å². The molecule has 3 amide bonds. The van der Waals surface area contributed by atoms with Gasteiger partial charge in [-0.05, 0) is 56.8 Å². The third-order valence-corrected chi connectivity index (χ3v) is 9.15. The number of ether oxygens (including phenoxy) is 2. The van der Waals surface area contributed by atoms with E-state index in [4.69, 9.17) is 14.0 Å². The van der Waals surface area contributed by atoms with Crippen molar-refractivity contribution in [3.05, 3.63) is 52.9 Å². The highest BCUT2D eigenvalue weighted by atomic mass is 32.1. The van der Waals surface area contributed by atoms with Crippen LogP contribution in [0.15, 0.2) is 40.4 Å². The largest absolute Gasteiger partial charge is 0.468 e. The monoisotopic (exact) mass is 653 g/mol. The summed E-state index contributed by atoms with van der Waals surface area (Å²) in [5.41, 5.74) is 4.20. The van der Waals surface area contributed by atoms with E-state index in [0.717, 1.165) is 21.7 Å². The van der Waals surface area contributed by atoms with Gasteiger partial charge in [-0.15, -0.1) is 11.3 Å². The normalized spacial score (nSPS) is 19.9. The fourth-order valence-corrected chi connectivity index (χ4v) is 6.56. The minimum atomic E-state index is -0.835. The maximum Gasteiger partial charge on any atom is 0.410 e. The Morgan fingerprint density at radius 3 is 2.41 bits per heavy atom. The molecule has 4 heterocycles. The Bertz CT molecular complexity index is 1540. The summed E-state index contributed by atoms with van der Waals surface area (Å²) in [5, 5.41) is 17.6. The van der Waals surface area contributed by atoms with Crippen LogP contribution >= 0.6 is 11.3 Å². The zero-order chi connectivity index (χ0) is 33.3. The molecular weight excluding hydrogens is 610 g/mol. The van der Waals surface area contributed by atoms with Gasteiger partial charge in [-0.2, -0.15) is 0 Å². The van der Waals surface area contributed by atoms with Crippen molar-refractivity contribution in [1.82, 2.24) is 25.3 Å². The first kappa shape index (κ1) is 33.4. The first-order valence-corrected chi connectivity index (χ1v) is 16.5. The number of amides is 3. The van der Waals surface area contributed by atoms with Gasteiger partial charge in [-0.1, -0.05) is 38.1 Å². The number of aromatic nitrogens is 2. The molecule has 0 radical (unpaired) electrons. The number of thiazole rings is 1. The quantitative estimate of drug-likeness (QED) is 0.336. The Hall–Kier alpha value is -3.97. The minimum absolute atomic E-state index is 0.0392. The number of nitrogens with zero attached hydrogens (tertiary/aromatic N) is 4. The van der Waals surface area contributed by atoms with Crippen LogP contribution in [0, 0.1) is 12.8 Å². The lowest BCUT2D eigenvalue weighted by Gasteiger charge is -2.38. The van der Waals surface area contributed by atoms with Crippen LogP contribution in [0.2, 0.25) is 0 Å². The highest BCUT2D eigenvalue weighted by Crippen LogP contribution is 2.33. The number of carbonyl (C=O) groups excluding carboxylic acids is 3. The summed E-state index contributed by atoms with van der Waals surface area (Å²) < 4.78 is 16.8. The fraction of sp³-hybridized carbons (Fsp3) is 0.545. The molecule has 0 bridgehead atoms. The van der Waals surface area contributed by atoms with E-state index in [-0.39, 0.29) is 48.7 Å². The van der Waals surface area contributed by atoms with E-state index in [1.54, 1.807) is 22.3 Å². The second kappa shape index (κ2) is 13.4. The summed E-state index contributed by atoms with van der Waals surface area (Å²) in [7, 11) is 0. The maximum absolute atomic E-state index is 14.0. The molecule has 5 rings (SSSR count). The third kappa shape index (κ3) is 7.52. The molecule has 13 heteroatoms. The van der Waals surface area contributed by atoms with Gasteiger partial charge in [-0.3, -0.25) is 9.59 Å². The molecule has 2 aromatic heterocycles. The molecular formula is C33H43N5O7S. The minimum Gasteiger partial charge on any atom is -0.468 e. The van der Waals surface area contributed by atoms with E-state index in [1.165, 1.54) is 4.90 Å². The third-order valence-electron chi connectivity index (χ3n) is 8.18. The van der Waals surface area contributed by atoms with Crippen molar-refractivity contribution in [3.63, 3.8) is 0 Å². The molecule has 2 aliphatic rings. The van der Waals surface area contributed by atoms with E-state index < -0.39 is 29.8 Å². The van der Waals surface area contributed by atoms with Crippen molar-refractivity contribution in [3.8, 4) is 16.3 Å². The lowest BCUT2D eigenvalue weighted by Crippen LogP contribution is -2.57. The number of carbonyl (C=O) groups is 3. The van der Waals surface area contributed by atoms with Crippen molar-refractivity contribution < 1.29 is 33.5 Å². The highest BCUT2D eigenvalue weighted by molar-refractivity contribution is 7.13. The number of nitrogens with one attached hydrogen (secondary N) is 1. The van der Waals surface area contributed by atoms with Crippen molar-refractivity contribution in [2.75, 3.05) is 19.6 Å². The van der Waals surface area contributed by atoms with Gasteiger partial charge in [0.15, 0.2) is 5.76 Å². The summed E-state index contributed by atoms with van der Waals surface area (Å²) in [6, 6.07) is 8.41. The predicted molar refractivity (Wildman–Crippen MR) is 171 cm³/mol. The van der Waals surface area contributed by atoms with Crippen LogP contribution in [0.1, 0.15) is 76.9 Å². The molecule has 0 spiro atoms. The number of benzene rings is 1. The van der Waals surface area contributed by atoms with E-state index in [9.17, 15) is 19.5 Å². The SMILES string of the molecule is Cc1ncsc1-c1ccc([C@H](C)NC(=O)[C@@H]2C[C@@H](O)CN2C(=O)C(c2cc(OC3CN(C(=O)OC(C)(C)C)C3)no2)C(C)C)cc1. The number of aliphatic hydroxyl groups is 1. The number of likely N-dealkylation sites (tertiary alicyclic amines) is 2. The van der Waals surface area contributed by atoms with Crippen molar-refractivity contribution >= 4 is 29.2 Å². The van der Waals surface area contributed by atoms with Crippen LogP contribution in [-0.4, -0.2) is 86.4 Å². The molecule has 2 fully saturated rings. The predicted octanol–water partition coefficient (Wildman–Crippen LogP) is 4.68. The number of β-amino-alcohol motifs (C(OH)–C–C–N with tert-alkyl or cyclic N) is 1. The molecule has 1 aromatic carbocycles. The number of rotatable bonds is 9. The second-order valence-corrected chi connectivity index (χ2v) is 14.3. The molecule has 2 N–H and O–H groups in total. The van der Waals surface area contributed by atoms with E-state index in [2.05, 4.69) is 15.5 Å². The standard InChI is InChI=1S/C33H43N5O7S/c1-18(2)28(26-13-27(36-45-26)43-24-15-37(16-24)32(42)44-33(5,6)7)31(41)38-14-23(39)12-25(38)30(40)35-19(3)21-8-10-22(11-9-21)29-20(4)34-17-46-29/h8-11,13,17-19,23-25,28,39H,12,14-16H2,1-7H3,(H,35,40)/t19-,23+,25-,28?/m0/s1. The highest BCUT2D eigenvalue weighted by Gasteiger charge is 2.44. The van der Waals surface area contributed by atoms with Gasteiger partial charge in [0.05, 0.1) is 41.3 Å². The summed E-state index contributed by atoms with van der Waals surface area (Å²) in [6.07, 6.45) is -1.38. The van der Waals surface area contributed by atoms with Crippen molar-refractivity contribution in [1.29, 1.82) is 0 Å². The zero-order valence-electron chi connectivity index (χ0n) is 27.4. The molecule has 1 unspecified atom stereocenters. The molecule has 12 nitrogen and oxygen atoms in total. The fourth-order valence-electron chi connectivity index (χ4n) is 5.75. The molecule has 0 saturated carbocycles. The summed E-state index contributed by atoms with van der Waals surface area (Å²) >= 11 is 1.58. The molecule has 2 aliphatic heterocycles. The molecule has 2 saturated heterocycles. The maximum atomic E-state index is 14.0. The lowest BCUT2D eigenvalue weighted by atomic mass is 9.91. The van der Waals surface area contributed by atoms with Gasteiger partial charge in [0.2, 0.25) is 11.8 Å². The van der Waals surface area contributed by atoms with Gasteiger partial charge in [-0.25, -0.2) is 9.78 Å². The molecule has 3 aromatic rings. The average Bonchev–Trinajstić information content (AvgIpc) is 3.69. The van der Waals surface area contributed by atoms with Gasteiger partial charge in [0.1, 0.15) is 23.7 Å².